The quantitative estimate of drug-likeness (QED) is 0.558. The Labute approximate surface area is 144 Å². The molecule has 2 rings (SSSR count). The maximum Gasteiger partial charge on any atom is 0.232 e. The van der Waals surface area contributed by atoms with Gasteiger partial charge in [0, 0.05) is 52.4 Å². The van der Waals surface area contributed by atoms with Crippen LogP contribution in [0.3, 0.4) is 0 Å². The molecule has 2 saturated heterocycles. The smallest absolute Gasteiger partial charge is 0.232 e. The zero-order valence-electron chi connectivity index (χ0n) is 14.1. The molecule has 0 aliphatic carbocycles. The van der Waals surface area contributed by atoms with Crippen LogP contribution in [0.4, 0.5) is 0 Å². The first kappa shape index (κ1) is 18.5. The van der Waals surface area contributed by atoms with Crippen molar-refractivity contribution < 1.29 is 14.3 Å². The van der Waals surface area contributed by atoms with E-state index in [4.69, 9.17) is 4.74 Å². The van der Waals surface area contributed by atoms with Crippen molar-refractivity contribution in [3.63, 3.8) is 0 Å². The van der Waals surface area contributed by atoms with Crippen molar-refractivity contribution in [2.45, 2.75) is 19.3 Å². The minimum absolute atomic E-state index is 0.0600. The van der Waals surface area contributed by atoms with Crippen molar-refractivity contribution >= 4 is 24.4 Å². The second-order valence-electron chi connectivity index (χ2n) is 6.33. The first-order chi connectivity index (χ1) is 11.2. The lowest BCUT2D eigenvalue weighted by molar-refractivity contribution is -0.142. The number of likely N-dealkylation sites (tertiary alicyclic amines) is 1. The van der Waals surface area contributed by atoms with Crippen molar-refractivity contribution in [1.29, 1.82) is 0 Å². The molecule has 132 valence electrons. The van der Waals surface area contributed by atoms with Crippen LogP contribution >= 0.6 is 12.6 Å². The Kier molecular flexibility index (Phi) is 7.65. The number of rotatable bonds is 6. The minimum Gasteiger partial charge on any atom is -0.385 e. The van der Waals surface area contributed by atoms with Gasteiger partial charge < -0.3 is 19.4 Å². The summed E-state index contributed by atoms with van der Waals surface area (Å²) in [6.45, 7) is 6.45. The van der Waals surface area contributed by atoms with Gasteiger partial charge in [-0.25, -0.2) is 0 Å². The molecule has 7 heteroatoms. The first-order valence-corrected chi connectivity index (χ1v) is 9.17. The second kappa shape index (κ2) is 9.49. The fraction of sp³-hybridized carbons (Fsp3) is 0.875. The third-order valence-corrected chi connectivity index (χ3v) is 5.11. The van der Waals surface area contributed by atoms with Gasteiger partial charge in [-0.2, -0.15) is 12.6 Å². The van der Waals surface area contributed by atoms with Gasteiger partial charge in [-0.15, -0.1) is 0 Å². The molecule has 0 aromatic rings. The molecule has 0 aromatic heterocycles. The number of piperazine rings is 1. The molecule has 23 heavy (non-hydrogen) atoms. The SMILES string of the molecule is COCCCN1CCC(C(=O)N2CCN(C(=O)CS)CC2)CC1. The molecule has 0 atom stereocenters. The maximum atomic E-state index is 12.6. The summed E-state index contributed by atoms with van der Waals surface area (Å²) < 4.78 is 5.08. The molecule has 2 aliphatic heterocycles. The molecule has 0 spiro atoms. The fourth-order valence-electron chi connectivity index (χ4n) is 3.37. The van der Waals surface area contributed by atoms with Gasteiger partial charge in [-0.1, -0.05) is 0 Å². The Balaban J connectivity index is 1.70. The van der Waals surface area contributed by atoms with Gasteiger partial charge in [0.1, 0.15) is 0 Å². The van der Waals surface area contributed by atoms with E-state index in [0.717, 1.165) is 45.5 Å². The lowest BCUT2D eigenvalue weighted by atomic mass is 9.95. The lowest BCUT2D eigenvalue weighted by Gasteiger charge is -2.38. The third kappa shape index (κ3) is 5.36. The van der Waals surface area contributed by atoms with Crippen LogP contribution in [0.2, 0.25) is 0 Å². The highest BCUT2D eigenvalue weighted by atomic mass is 32.1. The van der Waals surface area contributed by atoms with Crippen LogP contribution in [0.5, 0.6) is 0 Å². The Hall–Kier alpha value is -0.790. The molecule has 2 amide bonds. The van der Waals surface area contributed by atoms with E-state index in [-0.39, 0.29) is 23.5 Å². The topological polar surface area (TPSA) is 53.1 Å². The molecule has 0 unspecified atom stereocenters. The van der Waals surface area contributed by atoms with E-state index in [1.54, 1.807) is 12.0 Å². The molecule has 0 radical (unpaired) electrons. The van der Waals surface area contributed by atoms with Crippen molar-refractivity contribution in [2.24, 2.45) is 5.92 Å². The number of thiol groups is 1. The van der Waals surface area contributed by atoms with E-state index in [2.05, 4.69) is 17.5 Å². The van der Waals surface area contributed by atoms with Crippen molar-refractivity contribution in [1.82, 2.24) is 14.7 Å². The Morgan fingerprint density at radius 3 is 2.22 bits per heavy atom. The first-order valence-electron chi connectivity index (χ1n) is 8.54. The summed E-state index contributed by atoms with van der Waals surface area (Å²) in [5, 5.41) is 0. The predicted octanol–water partition coefficient (Wildman–Crippen LogP) is 0.336. The van der Waals surface area contributed by atoms with Crippen LogP contribution in [-0.4, -0.2) is 91.8 Å². The molecular formula is C16H29N3O3S. The predicted molar refractivity (Wildman–Crippen MR) is 92.7 cm³/mol. The molecular weight excluding hydrogens is 314 g/mol. The van der Waals surface area contributed by atoms with Gasteiger partial charge in [0.05, 0.1) is 5.75 Å². The van der Waals surface area contributed by atoms with E-state index in [1.807, 2.05) is 4.90 Å². The molecule has 6 nitrogen and oxygen atoms in total. The Morgan fingerprint density at radius 2 is 1.65 bits per heavy atom. The van der Waals surface area contributed by atoms with E-state index >= 15 is 0 Å². The van der Waals surface area contributed by atoms with Gasteiger partial charge in [0.15, 0.2) is 0 Å². The van der Waals surface area contributed by atoms with Crippen LogP contribution in [-0.2, 0) is 14.3 Å². The van der Waals surface area contributed by atoms with E-state index in [1.165, 1.54) is 0 Å². The number of nitrogens with zero attached hydrogens (tertiary/aromatic N) is 3. The number of amides is 2. The molecule has 0 bridgehead atoms. The van der Waals surface area contributed by atoms with Gasteiger partial charge >= 0.3 is 0 Å². The van der Waals surface area contributed by atoms with Crippen molar-refractivity contribution in [2.75, 3.05) is 65.3 Å². The normalized spacial score (nSPS) is 20.8. The monoisotopic (exact) mass is 343 g/mol. The highest BCUT2D eigenvalue weighted by Gasteiger charge is 2.30. The molecule has 0 N–H and O–H groups in total. The minimum atomic E-state index is 0.0600. The second-order valence-corrected chi connectivity index (χ2v) is 6.64. The van der Waals surface area contributed by atoms with Crippen LogP contribution in [0.25, 0.3) is 0 Å². The zero-order valence-corrected chi connectivity index (χ0v) is 15.0. The van der Waals surface area contributed by atoms with E-state index < -0.39 is 0 Å². The average molecular weight is 343 g/mol. The number of hydrogen-bond donors (Lipinski definition) is 1. The number of carbonyl (C=O) groups excluding carboxylic acids is 2. The number of carbonyl (C=O) groups is 2. The van der Waals surface area contributed by atoms with Gasteiger partial charge in [-0.05, 0) is 32.4 Å². The van der Waals surface area contributed by atoms with Crippen LogP contribution < -0.4 is 0 Å². The number of ether oxygens (including phenoxy) is 1. The molecule has 2 heterocycles. The lowest BCUT2D eigenvalue weighted by Crippen LogP contribution is -2.53. The summed E-state index contributed by atoms with van der Waals surface area (Å²) in [6, 6.07) is 0. The van der Waals surface area contributed by atoms with E-state index in [0.29, 0.717) is 26.2 Å². The zero-order chi connectivity index (χ0) is 16.7. The summed E-state index contributed by atoms with van der Waals surface area (Å²) in [4.78, 5) is 30.4. The summed E-state index contributed by atoms with van der Waals surface area (Å²) in [5.74, 6) is 0.736. The summed E-state index contributed by atoms with van der Waals surface area (Å²) in [6.07, 6.45) is 2.94. The number of methoxy groups -OCH3 is 1. The summed E-state index contributed by atoms with van der Waals surface area (Å²) in [7, 11) is 1.73. The summed E-state index contributed by atoms with van der Waals surface area (Å²) in [5.41, 5.74) is 0. The third-order valence-electron chi connectivity index (χ3n) is 4.84. The molecule has 0 aromatic carbocycles. The standard InChI is InChI=1S/C16H29N3O3S/c1-22-12-2-5-17-6-3-14(4-7-17)16(21)19-10-8-18(9-11-19)15(20)13-23/h14,23H,2-13H2,1H3. The van der Waals surface area contributed by atoms with Crippen LogP contribution in [0.1, 0.15) is 19.3 Å². The largest absolute Gasteiger partial charge is 0.385 e. The van der Waals surface area contributed by atoms with Gasteiger partial charge in [0.25, 0.3) is 0 Å². The highest BCUT2D eigenvalue weighted by molar-refractivity contribution is 7.81. The van der Waals surface area contributed by atoms with E-state index in [9.17, 15) is 9.59 Å². The highest BCUT2D eigenvalue weighted by Crippen LogP contribution is 2.20. The Morgan fingerprint density at radius 1 is 1.04 bits per heavy atom. The molecule has 2 fully saturated rings. The summed E-state index contributed by atoms with van der Waals surface area (Å²) >= 11 is 4.03. The molecule has 0 saturated carbocycles. The number of piperidine rings is 1. The fourth-order valence-corrected chi connectivity index (χ4v) is 3.57. The average Bonchev–Trinajstić information content (AvgIpc) is 2.61. The van der Waals surface area contributed by atoms with Crippen molar-refractivity contribution in [3.8, 4) is 0 Å². The van der Waals surface area contributed by atoms with Crippen LogP contribution in [0, 0.1) is 5.92 Å². The van der Waals surface area contributed by atoms with Gasteiger partial charge in [0.2, 0.25) is 11.8 Å². The molecule has 2 aliphatic rings. The Bertz CT molecular complexity index is 392. The van der Waals surface area contributed by atoms with Crippen LogP contribution in [0.15, 0.2) is 0 Å². The van der Waals surface area contributed by atoms with Crippen molar-refractivity contribution in [3.05, 3.63) is 0 Å². The van der Waals surface area contributed by atoms with Gasteiger partial charge in [-0.3, -0.25) is 9.59 Å². The number of hydrogen-bond acceptors (Lipinski definition) is 5. The maximum absolute atomic E-state index is 12.6.